The number of hydrogen-bond acceptors (Lipinski definition) is 2. The lowest BCUT2D eigenvalue weighted by molar-refractivity contribution is 0.839. The predicted molar refractivity (Wildman–Crippen MR) is 94.4 cm³/mol. The number of nitrogens with two attached hydrogens (primary N) is 1. The summed E-state index contributed by atoms with van der Waals surface area (Å²) in [6, 6.07) is 6.97. The number of thiophene rings is 1. The first-order valence-corrected chi connectivity index (χ1v) is 8.80. The minimum absolute atomic E-state index is 0.0122. The average molecular weight is 301 g/mol. The topological polar surface area (TPSA) is 26.0 Å². The monoisotopic (exact) mass is 301 g/mol. The van der Waals surface area contributed by atoms with Gasteiger partial charge in [0.2, 0.25) is 0 Å². The molecular weight excluding hydrogens is 274 g/mol. The quantitative estimate of drug-likeness (QED) is 0.817. The Morgan fingerprint density at radius 3 is 1.90 bits per heavy atom. The highest BCUT2D eigenvalue weighted by Crippen LogP contribution is 2.33. The molecule has 0 bridgehead atoms. The summed E-state index contributed by atoms with van der Waals surface area (Å²) < 4.78 is 0. The molecule has 21 heavy (non-hydrogen) atoms. The van der Waals surface area contributed by atoms with Crippen LogP contribution in [0.1, 0.15) is 64.4 Å². The maximum atomic E-state index is 6.65. The smallest absolute Gasteiger partial charge is 0.0651 e. The second kappa shape index (κ2) is 6.76. The second-order valence-electron chi connectivity index (χ2n) is 5.75. The van der Waals surface area contributed by atoms with Crippen LogP contribution in [0.3, 0.4) is 0 Å². The van der Waals surface area contributed by atoms with Crippen molar-refractivity contribution in [3.05, 3.63) is 55.8 Å². The van der Waals surface area contributed by atoms with Crippen molar-refractivity contribution in [1.82, 2.24) is 0 Å². The summed E-state index contributed by atoms with van der Waals surface area (Å²) in [5, 5.41) is 0. The summed E-state index contributed by atoms with van der Waals surface area (Å²) in [7, 11) is 0. The van der Waals surface area contributed by atoms with Crippen molar-refractivity contribution in [3.63, 3.8) is 0 Å². The highest BCUT2D eigenvalue weighted by atomic mass is 32.1. The maximum absolute atomic E-state index is 6.65. The van der Waals surface area contributed by atoms with Gasteiger partial charge in [-0.05, 0) is 67.0 Å². The van der Waals surface area contributed by atoms with Gasteiger partial charge in [-0.15, -0.1) is 11.3 Å². The highest BCUT2D eigenvalue weighted by Gasteiger charge is 2.19. The second-order valence-corrected chi connectivity index (χ2v) is 7.04. The van der Waals surface area contributed by atoms with Crippen molar-refractivity contribution in [2.45, 2.75) is 59.9 Å². The Bertz CT molecular complexity index is 580. The molecule has 0 aliphatic heterocycles. The zero-order chi connectivity index (χ0) is 15.6. The van der Waals surface area contributed by atoms with Crippen LogP contribution in [-0.2, 0) is 19.3 Å². The van der Waals surface area contributed by atoms with Crippen LogP contribution in [0.25, 0.3) is 0 Å². The molecule has 2 N–H and O–H groups in total. The van der Waals surface area contributed by atoms with Crippen molar-refractivity contribution in [3.8, 4) is 0 Å². The third-order valence-corrected chi connectivity index (χ3v) is 5.62. The summed E-state index contributed by atoms with van der Waals surface area (Å²) in [4.78, 5) is 2.67. The zero-order valence-corrected chi connectivity index (χ0v) is 14.7. The van der Waals surface area contributed by atoms with Crippen LogP contribution in [0.4, 0.5) is 0 Å². The zero-order valence-electron chi connectivity index (χ0n) is 13.9. The van der Waals surface area contributed by atoms with Crippen molar-refractivity contribution in [2.24, 2.45) is 5.73 Å². The average Bonchev–Trinajstić information content (AvgIpc) is 2.84. The van der Waals surface area contributed by atoms with Crippen LogP contribution < -0.4 is 5.73 Å². The third-order valence-electron chi connectivity index (χ3n) is 4.38. The lowest BCUT2D eigenvalue weighted by Crippen LogP contribution is -2.16. The standard InChI is InChI=1S/C19H27NS/c1-6-14-10-15(7-2)18(16(8-3)11-14)19(20)17-9-12(4)13(5)21-17/h9-11,19H,6-8,20H2,1-5H3. The van der Waals surface area contributed by atoms with Gasteiger partial charge in [0.15, 0.2) is 0 Å². The van der Waals surface area contributed by atoms with Crippen molar-refractivity contribution in [1.29, 1.82) is 0 Å². The van der Waals surface area contributed by atoms with Crippen LogP contribution in [0.5, 0.6) is 0 Å². The van der Waals surface area contributed by atoms with Gasteiger partial charge in [0.1, 0.15) is 0 Å². The Hall–Kier alpha value is -1.12. The van der Waals surface area contributed by atoms with Crippen LogP contribution in [0.2, 0.25) is 0 Å². The van der Waals surface area contributed by atoms with E-state index in [0.717, 1.165) is 19.3 Å². The SMILES string of the molecule is CCc1cc(CC)c(C(N)c2cc(C)c(C)s2)c(CC)c1. The van der Waals surface area contributed by atoms with Gasteiger partial charge < -0.3 is 5.73 Å². The molecule has 0 amide bonds. The molecule has 1 atom stereocenters. The molecule has 1 aromatic carbocycles. The van der Waals surface area contributed by atoms with E-state index in [-0.39, 0.29) is 6.04 Å². The van der Waals surface area contributed by atoms with Gasteiger partial charge in [-0.1, -0.05) is 32.9 Å². The summed E-state index contributed by atoms with van der Waals surface area (Å²) in [6.45, 7) is 11.0. The van der Waals surface area contributed by atoms with Crippen LogP contribution in [0, 0.1) is 13.8 Å². The molecule has 1 heterocycles. The minimum atomic E-state index is 0.0122. The molecule has 114 valence electrons. The van der Waals surface area contributed by atoms with E-state index >= 15 is 0 Å². The van der Waals surface area contributed by atoms with Gasteiger partial charge in [0.05, 0.1) is 6.04 Å². The molecule has 1 aromatic heterocycles. The summed E-state index contributed by atoms with van der Waals surface area (Å²) in [5.74, 6) is 0. The van der Waals surface area contributed by atoms with Crippen LogP contribution in [0.15, 0.2) is 18.2 Å². The third kappa shape index (κ3) is 3.22. The van der Waals surface area contributed by atoms with E-state index in [4.69, 9.17) is 5.73 Å². The molecule has 1 nitrogen and oxygen atoms in total. The van der Waals surface area contributed by atoms with Crippen molar-refractivity contribution < 1.29 is 0 Å². The van der Waals surface area contributed by atoms with Gasteiger partial charge >= 0.3 is 0 Å². The van der Waals surface area contributed by atoms with E-state index in [1.165, 1.54) is 37.6 Å². The lowest BCUT2D eigenvalue weighted by Gasteiger charge is -2.20. The molecule has 2 heteroatoms. The van der Waals surface area contributed by atoms with Crippen molar-refractivity contribution in [2.75, 3.05) is 0 Å². The first-order chi connectivity index (χ1) is 10.0. The van der Waals surface area contributed by atoms with E-state index in [2.05, 4.69) is 52.8 Å². The van der Waals surface area contributed by atoms with Crippen LogP contribution in [-0.4, -0.2) is 0 Å². The molecule has 0 saturated heterocycles. The van der Waals surface area contributed by atoms with E-state index in [1.54, 1.807) is 0 Å². The number of rotatable bonds is 5. The molecule has 0 aliphatic carbocycles. The van der Waals surface area contributed by atoms with Gasteiger partial charge in [-0.2, -0.15) is 0 Å². The van der Waals surface area contributed by atoms with Crippen LogP contribution >= 0.6 is 11.3 Å². The molecule has 0 fully saturated rings. The largest absolute Gasteiger partial charge is 0.320 e. The summed E-state index contributed by atoms with van der Waals surface area (Å²) in [5.41, 5.74) is 13.6. The predicted octanol–water partition coefficient (Wildman–Crippen LogP) is 5.10. The molecule has 2 rings (SSSR count). The van der Waals surface area contributed by atoms with Gasteiger partial charge in [0, 0.05) is 9.75 Å². The molecule has 0 aliphatic rings. The first-order valence-electron chi connectivity index (χ1n) is 7.98. The summed E-state index contributed by atoms with van der Waals surface area (Å²) >= 11 is 1.84. The molecule has 2 aromatic rings. The summed E-state index contributed by atoms with van der Waals surface area (Å²) in [6.07, 6.45) is 3.19. The highest BCUT2D eigenvalue weighted by molar-refractivity contribution is 7.12. The molecule has 0 saturated carbocycles. The van der Waals surface area contributed by atoms with Crippen molar-refractivity contribution >= 4 is 11.3 Å². The Kier molecular flexibility index (Phi) is 5.23. The fourth-order valence-electron chi connectivity index (χ4n) is 2.94. The van der Waals surface area contributed by atoms with E-state index in [9.17, 15) is 0 Å². The molecular formula is C19H27NS. The molecule has 1 unspecified atom stereocenters. The van der Waals surface area contributed by atoms with Gasteiger partial charge in [0.25, 0.3) is 0 Å². The van der Waals surface area contributed by atoms with Gasteiger partial charge in [-0.3, -0.25) is 0 Å². The number of benzene rings is 1. The lowest BCUT2D eigenvalue weighted by atomic mass is 9.89. The Balaban J connectivity index is 2.55. The number of aryl methyl sites for hydroxylation is 5. The molecule has 0 radical (unpaired) electrons. The normalized spacial score (nSPS) is 12.7. The first kappa shape index (κ1) is 16.3. The fourth-order valence-corrected chi connectivity index (χ4v) is 3.99. The minimum Gasteiger partial charge on any atom is -0.320 e. The van der Waals surface area contributed by atoms with E-state index in [0.29, 0.717) is 0 Å². The number of hydrogen-bond donors (Lipinski definition) is 1. The Morgan fingerprint density at radius 1 is 0.952 bits per heavy atom. The Morgan fingerprint density at radius 2 is 1.52 bits per heavy atom. The maximum Gasteiger partial charge on any atom is 0.0651 e. The Labute approximate surface area is 133 Å². The van der Waals surface area contributed by atoms with E-state index < -0.39 is 0 Å². The fraction of sp³-hybridized carbons (Fsp3) is 0.474. The molecule has 0 spiro atoms. The van der Waals surface area contributed by atoms with E-state index in [1.807, 2.05) is 11.3 Å². The van der Waals surface area contributed by atoms with Gasteiger partial charge in [-0.25, -0.2) is 0 Å².